The van der Waals surface area contributed by atoms with E-state index in [1.165, 1.54) is 0 Å². The van der Waals surface area contributed by atoms with E-state index in [0.717, 1.165) is 5.56 Å². The number of aliphatic hydroxyl groups excluding tert-OH is 2. The first-order chi connectivity index (χ1) is 8.69. The molecule has 1 aromatic carbocycles. The van der Waals surface area contributed by atoms with Crippen molar-refractivity contribution < 1.29 is 15.0 Å². The highest BCUT2D eigenvalue weighted by Gasteiger charge is 2.19. The van der Waals surface area contributed by atoms with Gasteiger partial charge in [-0.2, -0.15) is 0 Å². The molecule has 0 saturated heterocycles. The largest absolute Gasteiger partial charge is 0.394 e. The number of allylic oxidation sites excluding steroid dienone is 1. The van der Waals surface area contributed by atoms with Gasteiger partial charge in [0.2, 0.25) is 5.91 Å². The maximum atomic E-state index is 12.0. The molecule has 0 aliphatic rings. The lowest BCUT2D eigenvalue weighted by Crippen LogP contribution is -2.36. The van der Waals surface area contributed by atoms with Crippen LogP contribution in [-0.4, -0.2) is 35.4 Å². The Hall–Kier alpha value is -1.65. The van der Waals surface area contributed by atoms with E-state index in [1.54, 1.807) is 6.08 Å². The Morgan fingerprint density at radius 3 is 2.61 bits per heavy atom. The molecule has 0 spiro atoms. The predicted molar refractivity (Wildman–Crippen MR) is 70.1 cm³/mol. The van der Waals surface area contributed by atoms with E-state index in [2.05, 4.69) is 11.9 Å². The van der Waals surface area contributed by atoms with Crippen LogP contribution in [0.5, 0.6) is 0 Å². The highest BCUT2D eigenvalue weighted by molar-refractivity contribution is 5.83. The fraction of sp³-hybridized carbons (Fsp3) is 0.357. The van der Waals surface area contributed by atoms with Gasteiger partial charge < -0.3 is 15.5 Å². The van der Waals surface area contributed by atoms with E-state index in [-0.39, 0.29) is 25.0 Å². The van der Waals surface area contributed by atoms with Gasteiger partial charge in [-0.15, -0.1) is 6.58 Å². The summed E-state index contributed by atoms with van der Waals surface area (Å²) in [4.78, 5) is 12.0. The lowest BCUT2D eigenvalue weighted by Gasteiger charge is -2.16. The zero-order valence-electron chi connectivity index (χ0n) is 10.2. The Kier molecular flexibility index (Phi) is 6.11. The highest BCUT2D eigenvalue weighted by atomic mass is 16.3. The van der Waals surface area contributed by atoms with Gasteiger partial charge in [0.05, 0.1) is 18.6 Å². The molecule has 0 heterocycles. The average molecular weight is 249 g/mol. The number of benzene rings is 1. The summed E-state index contributed by atoms with van der Waals surface area (Å²) in [5.74, 6) is -0.483. The Labute approximate surface area is 107 Å². The predicted octanol–water partition coefficient (Wildman–Crippen LogP) is 0.816. The first-order valence-corrected chi connectivity index (χ1v) is 5.91. The van der Waals surface area contributed by atoms with E-state index >= 15 is 0 Å². The minimum Gasteiger partial charge on any atom is -0.394 e. The lowest BCUT2D eigenvalue weighted by atomic mass is 9.95. The van der Waals surface area contributed by atoms with Crippen molar-refractivity contribution in [1.82, 2.24) is 5.32 Å². The molecule has 2 atom stereocenters. The van der Waals surface area contributed by atoms with Crippen molar-refractivity contribution in [3.8, 4) is 0 Å². The molecule has 1 amide bonds. The Bertz CT molecular complexity index is 378. The third-order valence-corrected chi connectivity index (χ3v) is 2.64. The lowest BCUT2D eigenvalue weighted by molar-refractivity contribution is -0.123. The van der Waals surface area contributed by atoms with Crippen molar-refractivity contribution >= 4 is 5.91 Å². The monoisotopic (exact) mass is 249 g/mol. The summed E-state index contributed by atoms with van der Waals surface area (Å²) in [7, 11) is 0. The van der Waals surface area contributed by atoms with Gasteiger partial charge in [-0.25, -0.2) is 0 Å². The standard InChI is InChI=1S/C14H19NO3/c1-2-6-13(11-7-4-3-5-8-11)14(18)15-9-12(17)10-16/h2-5,7-8,12-13,16-17H,1,6,9-10H2,(H,15,18)/t12-,13?/m1/s1. The van der Waals surface area contributed by atoms with Crippen molar-refractivity contribution in [2.45, 2.75) is 18.4 Å². The first kappa shape index (κ1) is 14.4. The van der Waals surface area contributed by atoms with E-state index in [1.807, 2.05) is 30.3 Å². The third kappa shape index (κ3) is 4.31. The molecule has 4 nitrogen and oxygen atoms in total. The molecule has 0 aliphatic heterocycles. The fourth-order valence-corrected chi connectivity index (χ4v) is 1.65. The van der Waals surface area contributed by atoms with E-state index in [4.69, 9.17) is 5.11 Å². The second-order valence-electron chi connectivity index (χ2n) is 4.07. The summed E-state index contributed by atoms with van der Waals surface area (Å²) in [5.41, 5.74) is 0.911. The van der Waals surface area contributed by atoms with Crippen LogP contribution in [0.2, 0.25) is 0 Å². The van der Waals surface area contributed by atoms with Crippen LogP contribution < -0.4 is 5.32 Å². The summed E-state index contributed by atoms with van der Waals surface area (Å²) in [6.45, 7) is 3.34. The van der Waals surface area contributed by atoms with Crippen LogP contribution in [0.4, 0.5) is 0 Å². The van der Waals surface area contributed by atoms with Crippen molar-refractivity contribution in [2.75, 3.05) is 13.2 Å². The molecule has 3 N–H and O–H groups in total. The molecule has 0 radical (unpaired) electrons. The average Bonchev–Trinajstić information content (AvgIpc) is 2.42. The van der Waals surface area contributed by atoms with Crippen LogP contribution in [0, 0.1) is 0 Å². The van der Waals surface area contributed by atoms with Crippen molar-refractivity contribution in [1.29, 1.82) is 0 Å². The molecule has 98 valence electrons. The van der Waals surface area contributed by atoms with Crippen molar-refractivity contribution in [2.24, 2.45) is 0 Å². The van der Waals surface area contributed by atoms with Gasteiger partial charge in [-0.3, -0.25) is 4.79 Å². The second kappa shape index (κ2) is 7.63. The van der Waals surface area contributed by atoms with Gasteiger partial charge >= 0.3 is 0 Å². The van der Waals surface area contributed by atoms with E-state index in [9.17, 15) is 9.90 Å². The van der Waals surface area contributed by atoms with Gasteiger partial charge in [0.1, 0.15) is 0 Å². The molecule has 1 aromatic rings. The van der Waals surface area contributed by atoms with Crippen molar-refractivity contribution in [3.05, 3.63) is 48.6 Å². The minimum absolute atomic E-state index is 0.0514. The molecule has 0 aromatic heterocycles. The van der Waals surface area contributed by atoms with E-state index < -0.39 is 6.10 Å². The van der Waals surface area contributed by atoms with Crippen LogP contribution in [0.25, 0.3) is 0 Å². The Morgan fingerprint density at radius 1 is 1.39 bits per heavy atom. The zero-order valence-corrected chi connectivity index (χ0v) is 10.2. The fourth-order valence-electron chi connectivity index (χ4n) is 1.65. The quantitative estimate of drug-likeness (QED) is 0.626. The molecule has 0 saturated carbocycles. The third-order valence-electron chi connectivity index (χ3n) is 2.64. The van der Waals surface area contributed by atoms with Crippen LogP contribution in [-0.2, 0) is 4.79 Å². The number of carbonyl (C=O) groups excluding carboxylic acids is 1. The van der Waals surface area contributed by atoms with Gasteiger partial charge in [-0.05, 0) is 12.0 Å². The van der Waals surface area contributed by atoms with Crippen LogP contribution in [0.15, 0.2) is 43.0 Å². The minimum atomic E-state index is -0.922. The number of carbonyl (C=O) groups is 1. The molecule has 0 bridgehead atoms. The first-order valence-electron chi connectivity index (χ1n) is 5.91. The number of rotatable bonds is 7. The number of nitrogens with one attached hydrogen (secondary N) is 1. The van der Waals surface area contributed by atoms with Gasteiger partial charge in [-0.1, -0.05) is 36.4 Å². The Balaban J connectivity index is 2.67. The number of hydrogen-bond acceptors (Lipinski definition) is 3. The summed E-state index contributed by atoms with van der Waals surface area (Å²) in [6.07, 6.45) is 1.30. The summed E-state index contributed by atoms with van der Waals surface area (Å²) >= 11 is 0. The smallest absolute Gasteiger partial charge is 0.227 e. The van der Waals surface area contributed by atoms with Crippen LogP contribution in [0.1, 0.15) is 17.9 Å². The Morgan fingerprint density at radius 2 is 2.06 bits per heavy atom. The molecule has 4 heteroatoms. The summed E-state index contributed by atoms with van der Waals surface area (Å²) < 4.78 is 0. The van der Waals surface area contributed by atoms with E-state index in [0.29, 0.717) is 6.42 Å². The van der Waals surface area contributed by atoms with Gasteiger partial charge in [0.15, 0.2) is 0 Å². The van der Waals surface area contributed by atoms with Gasteiger partial charge in [0.25, 0.3) is 0 Å². The molecular formula is C14H19NO3. The number of hydrogen-bond donors (Lipinski definition) is 3. The molecule has 0 aliphatic carbocycles. The molecule has 1 rings (SSSR count). The molecule has 0 fully saturated rings. The summed E-state index contributed by atoms with van der Waals surface area (Å²) in [6, 6.07) is 9.41. The number of aliphatic hydroxyl groups is 2. The highest BCUT2D eigenvalue weighted by Crippen LogP contribution is 2.19. The topological polar surface area (TPSA) is 69.6 Å². The zero-order chi connectivity index (χ0) is 13.4. The SMILES string of the molecule is C=CCC(C(=O)NC[C@@H](O)CO)c1ccccc1. The summed E-state index contributed by atoms with van der Waals surface area (Å²) in [5, 5.41) is 20.5. The van der Waals surface area contributed by atoms with Crippen LogP contribution >= 0.6 is 0 Å². The molecule has 18 heavy (non-hydrogen) atoms. The second-order valence-corrected chi connectivity index (χ2v) is 4.07. The maximum Gasteiger partial charge on any atom is 0.227 e. The number of amides is 1. The van der Waals surface area contributed by atoms with Crippen LogP contribution in [0.3, 0.4) is 0 Å². The van der Waals surface area contributed by atoms with Gasteiger partial charge in [0, 0.05) is 6.54 Å². The maximum absolute atomic E-state index is 12.0. The molecular weight excluding hydrogens is 230 g/mol. The van der Waals surface area contributed by atoms with Crippen molar-refractivity contribution in [3.63, 3.8) is 0 Å². The normalized spacial score (nSPS) is 13.7. The molecule has 1 unspecified atom stereocenters.